The minimum absolute atomic E-state index is 0.0824. The zero-order valence-corrected chi connectivity index (χ0v) is 15.6. The third kappa shape index (κ3) is 5.33. The molecular weight excluding hydrogens is 349 g/mol. The maximum Gasteiger partial charge on any atom is 0.273 e. The predicted molar refractivity (Wildman–Crippen MR) is 99.1 cm³/mol. The second kappa shape index (κ2) is 9.57. The lowest BCUT2D eigenvalue weighted by Crippen LogP contribution is -2.38. The summed E-state index contributed by atoms with van der Waals surface area (Å²) in [6.45, 7) is 7.01. The van der Waals surface area contributed by atoms with Gasteiger partial charge in [0.25, 0.3) is 5.91 Å². The first-order valence-electron chi connectivity index (χ1n) is 9.43. The van der Waals surface area contributed by atoms with E-state index in [0.717, 1.165) is 51.3 Å². The Kier molecular flexibility index (Phi) is 6.89. The van der Waals surface area contributed by atoms with Crippen LogP contribution in [0.5, 0.6) is 0 Å². The Morgan fingerprint density at radius 2 is 2.04 bits per heavy atom. The molecule has 1 aromatic carbocycles. The van der Waals surface area contributed by atoms with Crippen molar-refractivity contribution >= 4 is 5.91 Å². The lowest BCUT2D eigenvalue weighted by Gasteiger charge is -2.26. The molecule has 0 spiro atoms. The predicted octanol–water partition coefficient (Wildman–Crippen LogP) is 1.87. The lowest BCUT2D eigenvalue weighted by atomic mass is 10.0. The van der Waals surface area contributed by atoms with Crippen LogP contribution in [0.2, 0.25) is 0 Å². The van der Waals surface area contributed by atoms with E-state index >= 15 is 0 Å². The summed E-state index contributed by atoms with van der Waals surface area (Å²) in [5.74, 6) is -0.499. The first kappa shape index (κ1) is 19.4. The molecule has 146 valence electrons. The molecule has 1 fully saturated rings. The Balaban J connectivity index is 1.51. The topological polar surface area (TPSA) is 72.3 Å². The highest BCUT2D eigenvalue weighted by molar-refractivity contribution is 5.91. The average Bonchev–Trinajstić information content (AvgIpc) is 3.18. The smallest absolute Gasteiger partial charge is 0.273 e. The molecule has 1 atom stereocenters. The summed E-state index contributed by atoms with van der Waals surface area (Å²) in [5, 5.41) is 11.0. The van der Waals surface area contributed by atoms with Gasteiger partial charge in [0.15, 0.2) is 5.69 Å². The van der Waals surface area contributed by atoms with E-state index in [1.54, 1.807) is 23.0 Å². The number of nitrogens with zero attached hydrogens (tertiary/aromatic N) is 4. The summed E-state index contributed by atoms with van der Waals surface area (Å²) in [6, 6.07) is 6.24. The molecule has 1 saturated heterocycles. The number of rotatable bonds is 8. The Morgan fingerprint density at radius 3 is 2.74 bits per heavy atom. The minimum atomic E-state index is -0.274. The Morgan fingerprint density at radius 1 is 1.30 bits per heavy atom. The van der Waals surface area contributed by atoms with Gasteiger partial charge < -0.3 is 10.1 Å². The first-order chi connectivity index (χ1) is 13.2. The summed E-state index contributed by atoms with van der Waals surface area (Å²) in [4.78, 5) is 14.6. The van der Waals surface area contributed by atoms with E-state index in [1.165, 1.54) is 12.1 Å². The van der Waals surface area contributed by atoms with Crippen molar-refractivity contribution in [1.29, 1.82) is 0 Å². The van der Waals surface area contributed by atoms with Gasteiger partial charge in [0.05, 0.1) is 25.5 Å². The molecule has 1 aliphatic rings. The molecule has 1 aromatic heterocycles. The maximum absolute atomic E-state index is 13.1. The van der Waals surface area contributed by atoms with Crippen molar-refractivity contribution < 1.29 is 13.9 Å². The van der Waals surface area contributed by atoms with Crippen LogP contribution in [0.15, 0.2) is 30.5 Å². The molecule has 0 aliphatic carbocycles. The molecule has 2 heterocycles. The van der Waals surface area contributed by atoms with Gasteiger partial charge in [0.2, 0.25) is 0 Å². The van der Waals surface area contributed by atoms with Crippen LogP contribution in [-0.4, -0.2) is 65.2 Å². The molecular formula is C19H26FN5O2. The third-order valence-electron chi connectivity index (χ3n) is 4.74. The summed E-state index contributed by atoms with van der Waals surface area (Å²) in [5.41, 5.74) is 1.23. The zero-order chi connectivity index (χ0) is 19.1. The molecule has 0 saturated carbocycles. The average molecular weight is 375 g/mol. The van der Waals surface area contributed by atoms with Crippen LogP contribution >= 0.6 is 0 Å². The van der Waals surface area contributed by atoms with Crippen molar-refractivity contribution in [2.75, 3.05) is 39.4 Å². The van der Waals surface area contributed by atoms with Gasteiger partial charge in [-0.2, -0.15) is 0 Å². The molecule has 3 rings (SSSR count). The van der Waals surface area contributed by atoms with Crippen LogP contribution in [0.25, 0.3) is 0 Å². The Labute approximate surface area is 158 Å². The van der Waals surface area contributed by atoms with E-state index in [1.807, 2.05) is 6.92 Å². The molecule has 0 radical (unpaired) electrons. The van der Waals surface area contributed by atoms with Crippen molar-refractivity contribution in [3.05, 3.63) is 47.5 Å². The number of morpholine rings is 1. The number of amides is 1. The van der Waals surface area contributed by atoms with Crippen molar-refractivity contribution in [2.24, 2.45) is 0 Å². The van der Waals surface area contributed by atoms with Crippen LogP contribution < -0.4 is 5.32 Å². The number of benzene rings is 1. The van der Waals surface area contributed by atoms with E-state index < -0.39 is 0 Å². The number of nitrogens with one attached hydrogen (secondary N) is 1. The number of halogens is 1. The minimum Gasteiger partial charge on any atom is -0.379 e. The summed E-state index contributed by atoms with van der Waals surface area (Å²) in [6.07, 6.45) is 3.29. The van der Waals surface area contributed by atoms with Gasteiger partial charge in [-0.15, -0.1) is 5.10 Å². The Hall–Kier alpha value is -2.32. The number of carbonyl (C=O) groups is 1. The Bertz CT molecular complexity index is 728. The van der Waals surface area contributed by atoms with Gasteiger partial charge in [-0.3, -0.25) is 9.69 Å². The quantitative estimate of drug-likeness (QED) is 0.713. The van der Waals surface area contributed by atoms with E-state index in [2.05, 4.69) is 20.5 Å². The van der Waals surface area contributed by atoms with E-state index in [-0.39, 0.29) is 17.8 Å². The summed E-state index contributed by atoms with van der Waals surface area (Å²) in [7, 11) is 0. The fraction of sp³-hybridized carbons (Fsp3) is 0.526. The highest BCUT2D eigenvalue weighted by Gasteiger charge is 2.17. The molecule has 2 aromatic rings. The van der Waals surface area contributed by atoms with Crippen LogP contribution in [0.4, 0.5) is 4.39 Å². The van der Waals surface area contributed by atoms with Crippen LogP contribution in [0.1, 0.15) is 41.9 Å². The highest BCUT2D eigenvalue weighted by atomic mass is 19.1. The third-order valence-corrected chi connectivity index (χ3v) is 4.74. The number of hydrogen-bond acceptors (Lipinski definition) is 5. The van der Waals surface area contributed by atoms with Gasteiger partial charge >= 0.3 is 0 Å². The van der Waals surface area contributed by atoms with Gasteiger partial charge in [0.1, 0.15) is 5.82 Å². The van der Waals surface area contributed by atoms with E-state index in [0.29, 0.717) is 12.2 Å². The monoisotopic (exact) mass is 375 g/mol. The zero-order valence-electron chi connectivity index (χ0n) is 15.6. The SMILES string of the molecule is CCC(c1ccc(F)cc1)n1cc(C(=O)NCCCN2CCOCC2)nn1. The standard InChI is InChI=1S/C19H26FN5O2/c1-2-18(15-4-6-16(20)7-5-15)25-14-17(22-23-25)19(26)21-8-3-9-24-10-12-27-13-11-24/h4-7,14,18H,2-3,8-13H2,1H3,(H,21,26). The van der Waals surface area contributed by atoms with E-state index in [4.69, 9.17) is 4.74 Å². The molecule has 7 nitrogen and oxygen atoms in total. The second-order valence-electron chi connectivity index (χ2n) is 6.62. The van der Waals surface area contributed by atoms with Gasteiger partial charge in [-0.05, 0) is 37.1 Å². The van der Waals surface area contributed by atoms with Crippen molar-refractivity contribution in [3.8, 4) is 0 Å². The van der Waals surface area contributed by atoms with Gasteiger partial charge in [0, 0.05) is 19.6 Å². The summed E-state index contributed by atoms with van der Waals surface area (Å²) >= 11 is 0. The number of aromatic nitrogens is 3. The molecule has 8 heteroatoms. The number of carbonyl (C=O) groups excluding carboxylic acids is 1. The van der Waals surface area contributed by atoms with Crippen molar-refractivity contribution in [2.45, 2.75) is 25.8 Å². The molecule has 1 N–H and O–H groups in total. The molecule has 1 unspecified atom stereocenters. The molecule has 0 bridgehead atoms. The first-order valence-corrected chi connectivity index (χ1v) is 9.43. The lowest BCUT2D eigenvalue weighted by molar-refractivity contribution is 0.0374. The molecule has 1 aliphatic heterocycles. The van der Waals surface area contributed by atoms with Crippen molar-refractivity contribution in [1.82, 2.24) is 25.2 Å². The van der Waals surface area contributed by atoms with Crippen LogP contribution in [-0.2, 0) is 4.74 Å². The highest BCUT2D eigenvalue weighted by Crippen LogP contribution is 2.21. The van der Waals surface area contributed by atoms with Crippen molar-refractivity contribution in [3.63, 3.8) is 0 Å². The maximum atomic E-state index is 13.1. The fourth-order valence-corrected chi connectivity index (χ4v) is 3.21. The number of hydrogen-bond donors (Lipinski definition) is 1. The largest absolute Gasteiger partial charge is 0.379 e. The van der Waals surface area contributed by atoms with Gasteiger partial charge in [-0.1, -0.05) is 24.3 Å². The molecule has 1 amide bonds. The van der Waals surface area contributed by atoms with Crippen LogP contribution in [0, 0.1) is 5.82 Å². The van der Waals surface area contributed by atoms with E-state index in [9.17, 15) is 9.18 Å². The fourth-order valence-electron chi connectivity index (χ4n) is 3.21. The molecule has 27 heavy (non-hydrogen) atoms. The van der Waals surface area contributed by atoms with Crippen LogP contribution in [0.3, 0.4) is 0 Å². The number of ether oxygens (including phenoxy) is 1. The summed E-state index contributed by atoms with van der Waals surface area (Å²) < 4.78 is 20.1. The normalized spacial score (nSPS) is 16.2. The van der Waals surface area contributed by atoms with Gasteiger partial charge in [-0.25, -0.2) is 9.07 Å². The second-order valence-corrected chi connectivity index (χ2v) is 6.62.